The molecule has 6 heteroatoms. The van der Waals surface area contributed by atoms with Crippen LogP contribution in [0.4, 0.5) is 0 Å². The van der Waals surface area contributed by atoms with E-state index in [0.717, 1.165) is 21.9 Å². The first-order chi connectivity index (χ1) is 15.0. The Bertz CT molecular complexity index is 1210. The van der Waals surface area contributed by atoms with Crippen molar-refractivity contribution in [3.8, 4) is 0 Å². The van der Waals surface area contributed by atoms with E-state index in [1.165, 1.54) is 0 Å². The molecule has 31 heavy (non-hydrogen) atoms. The number of rotatable bonds is 5. The van der Waals surface area contributed by atoms with E-state index < -0.39 is 17.9 Å². The zero-order chi connectivity index (χ0) is 22.1. The standard InChI is InChI=1S/C25H25NO5/c1-5-29-24(27)20-14(3)26-15(4)21(25(28)30-6-2)22(20)18-12-9-11-17-16-10-7-8-13-19(16)31-23(17)18/h7-13,22,26H,5-6H2,1-4H3. The van der Waals surface area contributed by atoms with Crippen LogP contribution < -0.4 is 5.32 Å². The number of nitrogens with one attached hydrogen (secondary N) is 1. The van der Waals surface area contributed by atoms with Crippen LogP contribution in [0.2, 0.25) is 0 Å². The van der Waals surface area contributed by atoms with Gasteiger partial charge >= 0.3 is 11.9 Å². The first kappa shape index (κ1) is 20.7. The molecule has 160 valence electrons. The quantitative estimate of drug-likeness (QED) is 0.590. The van der Waals surface area contributed by atoms with E-state index in [0.29, 0.717) is 28.1 Å². The van der Waals surface area contributed by atoms with Gasteiger partial charge in [-0.1, -0.05) is 36.4 Å². The number of benzene rings is 2. The van der Waals surface area contributed by atoms with E-state index in [1.54, 1.807) is 13.8 Å². The summed E-state index contributed by atoms with van der Waals surface area (Å²) in [6, 6.07) is 13.6. The summed E-state index contributed by atoms with van der Waals surface area (Å²) < 4.78 is 16.9. The van der Waals surface area contributed by atoms with Crippen LogP contribution in [0.1, 0.15) is 39.2 Å². The fraction of sp³-hybridized carbons (Fsp3) is 0.280. The van der Waals surface area contributed by atoms with E-state index in [2.05, 4.69) is 5.32 Å². The lowest BCUT2D eigenvalue weighted by Gasteiger charge is -2.30. The number of esters is 2. The highest BCUT2D eigenvalue weighted by Gasteiger charge is 2.39. The van der Waals surface area contributed by atoms with E-state index >= 15 is 0 Å². The Balaban J connectivity index is 2.01. The predicted octanol–water partition coefficient (Wildman–Crippen LogP) is 4.95. The van der Waals surface area contributed by atoms with Crippen molar-refractivity contribution in [3.63, 3.8) is 0 Å². The van der Waals surface area contributed by atoms with Gasteiger partial charge in [0.1, 0.15) is 11.2 Å². The highest BCUT2D eigenvalue weighted by Crippen LogP contribution is 2.43. The van der Waals surface area contributed by atoms with Crippen LogP contribution in [-0.2, 0) is 19.1 Å². The van der Waals surface area contributed by atoms with Crippen molar-refractivity contribution in [2.75, 3.05) is 13.2 Å². The number of carbonyl (C=O) groups is 2. The lowest BCUT2D eigenvalue weighted by molar-refractivity contribution is -0.139. The summed E-state index contributed by atoms with van der Waals surface area (Å²) in [7, 11) is 0. The first-order valence-electron chi connectivity index (χ1n) is 10.4. The molecule has 0 fully saturated rings. The van der Waals surface area contributed by atoms with Gasteiger partial charge in [0, 0.05) is 27.7 Å². The molecule has 2 heterocycles. The average molecular weight is 419 g/mol. The van der Waals surface area contributed by atoms with E-state index in [-0.39, 0.29) is 13.2 Å². The molecule has 0 unspecified atom stereocenters. The van der Waals surface area contributed by atoms with Gasteiger partial charge in [-0.15, -0.1) is 0 Å². The van der Waals surface area contributed by atoms with Crippen LogP contribution in [0.25, 0.3) is 21.9 Å². The zero-order valence-corrected chi connectivity index (χ0v) is 18.1. The fourth-order valence-electron chi connectivity index (χ4n) is 4.26. The van der Waals surface area contributed by atoms with Gasteiger partial charge in [0.2, 0.25) is 0 Å². The summed E-state index contributed by atoms with van der Waals surface area (Å²) >= 11 is 0. The van der Waals surface area contributed by atoms with Crippen LogP contribution in [0.5, 0.6) is 0 Å². The number of para-hydroxylation sites is 2. The molecule has 6 nitrogen and oxygen atoms in total. The third-order valence-electron chi connectivity index (χ3n) is 5.50. The van der Waals surface area contributed by atoms with Gasteiger partial charge in [-0.25, -0.2) is 9.59 Å². The molecule has 3 aromatic rings. The van der Waals surface area contributed by atoms with Crippen LogP contribution in [-0.4, -0.2) is 25.2 Å². The summed E-state index contributed by atoms with van der Waals surface area (Å²) in [6.07, 6.45) is 0. The Kier molecular flexibility index (Phi) is 5.55. The van der Waals surface area contributed by atoms with E-state index in [1.807, 2.05) is 56.3 Å². The third-order valence-corrected chi connectivity index (χ3v) is 5.50. The van der Waals surface area contributed by atoms with Crippen molar-refractivity contribution in [2.24, 2.45) is 0 Å². The van der Waals surface area contributed by atoms with Gasteiger partial charge in [0.15, 0.2) is 0 Å². The lowest BCUT2D eigenvalue weighted by atomic mass is 9.80. The van der Waals surface area contributed by atoms with Crippen molar-refractivity contribution in [1.82, 2.24) is 5.32 Å². The average Bonchev–Trinajstić information content (AvgIpc) is 3.12. The number of hydrogen-bond donors (Lipinski definition) is 1. The Morgan fingerprint density at radius 1 is 0.871 bits per heavy atom. The number of allylic oxidation sites excluding steroid dienone is 2. The van der Waals surface area contributed by atoms with Gasteiger partial charge < -0.3 is 19.2 Å². The summed E-state index contributed by atoms with van der Waals surface area (Å²) in [6.45, 7) is 7.59. The summed E-state index contributed by atoms with van der Waals surface area (Å²) in [4.78, 5) is 26.0. The number of dihydropyridines is 1. The number of furan rings is 1. The Labute approximate surface area is 180 Å². The molecule has 0 bridgehead atoms. The minimum Gasteiger partial charge on any atom is -0.463 e. The highest BCUT2D eigenvalue weighted by molar-refractivity contribution is 6.08. The second-order valence-electron chi connectivity index (χ2n) is 7.40. The maximum absolute atomic E-state index is 13.0. The molecule has 0 amide bonds. The Morgan fingerprint density at radius 2 is 1.45 bits per heavy atom. The van der Waals surface area contributed by atoms with Gasteiger partial charge in [-0.2, -0.15) is 0 Å². The van der Waals surface area contributed by atoms with E-state index in [4.69, 9.17) is 13.9 Å². The number of carbonyl (C=O) groups excluding carboxylic acids is 2. The molecule has 2 aromatic carbocycles. The molecule has 0 aliphatic carbocycles. The predicted molar refractivity (Wildman–Crippen MR) is 118 cm³/mol. The van der Waals surface area contributed by atoms with Crippen LogP contribution >= 0.6 is 0 Å². The zero-order valence-electron chi connectivity index (χ0n) is 18.1. The van der Waals surface area contributed by atoms with Crippen molar-refractivity contribution >= 4 is 33.9 Å². The largest absolute Gasteiger partial charge is 0.463 e. The molecular weight excluding hydrogens is 394 g/mol. The Morgan fingerprint density at radius 3 is 2.06 bits per heavy atom. The van der Waals surface area contributed by atoms with Crippen LogP contribution in [0.15, 0.2) is 69.4 Å². The second kappa shape index (κ2) is 8.30. The normalized spacial score (nSPS) is 14.8. The minimum absolute atomic E-state index is 0.231. The second-order valence-corrected chi connectivity index (χ2v) is 7.40. The number of ether oxygens (including phenoxy) is 2. The van der Waals surface area contributed by atoms with Gasteiger partial charge in [-0.05, 0) is 33.8 Å². The van der Waals surface area contributed by atoms with Crippen molar-refractivity contribution in [3.05, 3.63) is 70.6 Å². The maximum Gasteiger partial charge on any atom is 0.336 e. The van der Waals surface area contributed by atoms with E-state index in [9.17, 15) is 9.59 Å². The van der Waals surface area contributed by atoms with Crippen LogP contribution in [0.3, 0.4) is 0 Å². The molecule has 1 aliphatic heterocycles. The topological polar surface area (TPSA) is 77.8 Å². The minimum atomic E-state index is -0.677. The van der Waals surface area contributed by atoms with Crippen molar-refractivity contribution in [1.29, 1.82) is 0 Å². The molecule has 1 N–H and O–H groups in total. The van der Waals surface area contributed by atoms with Crippen LogP contribution in [0, 0.1) is 0 Å². The molecule has 4 rings (SSSR count). The summed E-state index contributed by atoms with van der Waals surface area (Å²) in [5.74, 6) is -1.62. The molecule has 1 aromatic heterocycles. The molecule has 0 spiro atoms. The summed E-state index contributed by atoms with van der Waals surface area (Å²) in [5, 5.41) is 5.06. The van der Waals surface area contributed by atoms with Gasteiger partial charge in [-0.3, -0.25) is 0 Å². The number of fused-ring (bicyclic) bond motifs is 3. The molecule has 0 saturated heterocycles. The van der Waals surface area contributed by atoms with Crippen molar-refractivity contribution < 1.29 is 23.5 Å². The molecular formula is C25H25NO5. The SMILES string of the molecule is CCOC(=O)C1=C(C)NC(C)=C(C(=O)OCC)C1c1cccc2c1oc1ccccc12. The summed E-state index contributed by atoms with van der Waals surface area (Å²) in [5.41, 5.74) is 4.15. The number of hydrogen-bond acceptors (Lipinski definition) is 6. The highest BCUT2D eigenvalue weighted by atomic mass is 16.5. The van der Waals surface area contributed by atoms with Gasteiger partial charge in [0.05, 0.1) is 30.3 Å². The smallest absolute Gasteiger partial charge is 0.336 e. The molecule has 0 saturated carbocycles. The third kappa shape index (κ3) is 3.48. The van der Waals surface area contributed by atoms with Gasteiger partial charge in [0.25, 0.3) is 0 Å². The molecule has 1 aliphatic rings. The maximum atomic E-state index is 13.0. The first-order valence-corrected chi connectivity index (χ1v) is 10.4. The Hall–Kier alpha value is -3.54. The van der Waals surface area contributed by atoms with Crippen molar-refractivity contribution in [2.45, 2.75) is 33.6 Å². The monoisotopic (exact) mass is 419 g/mol. The molecule has 0 atom stereocenters. The lowest BCUT2D eigenvalue weighted by Crippen LogP contribution is -2.32. The molecule has 0 radical (unpaired) electrons. The fourth-order valence-corrected chi connectivity index (χ4v) is 4.26.